The molecule has 0 aliphatic rings. The maximum atomic E-state index is 11.3. The van der Waals surface area contributed by atoms with Crippen LogP contribution in [0.3, 0.4) is 0 Å². The summed E-state index contributed by atoms with van der Waals surface area (Å²) in [6, 6.07) is 4.76. The molecule has 108 valence electrons. The van der Waals surface area contributed by atoms with Gasteiger partial charge in [-0.05, 0) is 35.4 Å². The summed E-state index contributed by atoms with van der Waals surface area (Å²) in [6.07, 6.45) is 0. The summed E-state index contributed by atoms with van der Waals surface area (Å²) in [5.41, 5.74) is 0.864. The van der Waals surface area contributed by atoms with Crippen molar-refractivity contribution in [3.63, 3.8) is 0 Å². The van der Waals surface area contributed by atoms with Crippen LogP contribution < -0.4 is 4.74 Å². The van der Waals surface area contributed by atoms with E-state index in [1.807, 2.05) is 25.6 Å². The van der Waals surface area contributed by atoms with Crippen LogP contribution in [0, 0.1) is 0 Å². The Morgan fingerprint density at radius 1 is 1.37 bits per heavy atom. The van der Waals surface area contributed by atoms with Gasteiger partial charge in [-0.15, -0.1) is 0 Å². The molecule has 1 aromatic carbocycles. The van der Waals surface area contributed by atoms with Gasteiger partial charge in [0.05, 0.1) is 11.5 Å². The van der Waals surface area contributed by atoms with Crippen LogP contribution in [-0.4, -0.2) is 26.5 Å². The number of rotatable bonds is 7. The van der Waals surface area contributed by atoms with Gasteiger partial charge >= 0.3 is 0 Å². The molecule has 0 heterocycles. The second-order valence-electron chi connectivity index (χ2n) is 4.34. The van der Waals surface area contributed by atoms with Gasteiger partial charge in [0.1, 0.15) is 5.75 Å². The first-order valence-corrected chi connectivity index (χ1v) is 9.61. The molecule has 0 N–H and O–H groups in total. The van der Waals surface area contributed by atoms with Crippen LogP contribution in [0.1, 0.15) is 32.3 Å². The van der Waals surface area contributed by atoms with Crippen LogP contribution in [0.25, 0.3) is 0 Å². The molecule has 0 aromatic heterocycles. The molecule has 6 heteroatoms. The average Bonchev–Trinajstić information content (AvgIpc) is 2.33. The van der Waals surface area contributed by atoms with Gasteiger partial charge in [0.15, 0.2) is 0 Å². The van der Waals surface area contributed by atoms with E-state index in [2.05, 4.69) is 6.92 Å². The molecule has 0 radical (unpaired) electrons. The van der Waals surface area contributed by atoms with E-state index in [1.54, 1.807) is 12.1 Å². The summed E-state index contributed by atoms with van der Waals surface area (Å²) in [6.45, 7) is 6.71. The Bertz CT molecular complexity index is 513. The lowest BCUT2D eigenvalue weighted by molar-refractivity contribution is 0.338. The second kappa shape index (κ2) is 7.41. The highest BCUT2D eigenvalue weighted by Gasteiger charge is 2.15. The zero-order valence-corrected chi connectivity index (χ0v) is 13.7. The van der Waals surface area contributed by atoms with Gasteiger partial charge in [-0.1, -0.05) is 20.8 Å². The minimum Gasteiger partial charge on any atom is -0.492 e. The van der Waals surface area contributed by atoms with Gasteiger partial charge in [0.25, 0.3) is 9.05 Å². The first kappa shape index (κ1) is 16.7. The van der Waals surface area contributed by atoms with Gasteiger partial charge in [0.2, 0.25) is 0 Å². The zero-order chi connectivity index (χ0) is 14.5. The van der Waals surface area contributed by atoms with E-state index in [0.717, 1.165) is 22.8 Å². The quantitative estimate of drug-likeness (QED) is 0.564. The molecular weight excluding hydrogens is 304 g/mol. The Labute approximate surface area is 124 Å². The Balaban J connectivity index is 2.93. The van der Waals surface area contributed by atoms with Gasteiger partial charge in [-0.2, -0.15) is 11.8 Å². The lowest BCUT2D eigenvalue weighted by Gasteiger charge is -2.14. The van der Waals surface area contributed by atoms with E-state index in [4.69, 9.17) is 15.4 Å². The molecule has 0 bridgehead atoms. The standard InChI is InChI=1S/C13H19ClO3S2/c1-4-18-8-7-17-13-6-5-11(19(14,15)16)9-12(13)10(2)3/h5-6,9-10H,4,7-8H2,1-3H3. The highest BCUT2D eigenvalue weighted by Crippen LogP contribution is 2.30. The molecule has 1 rings (SSSR count). The van der Waals surface area contributed by atoms with Crippen LogP contribution >= 0.6 is 22.4 Å². The number of halogens is 1. The summed E-state index contributed by atoms with van der Waals surface area (Å²) >= 11 is 1.81. The lowest BCUT2D eigenvalue weighted by Crippen LogP contribution is -2.04. The van der Waals surface area contributed by atoms with Crippen molar-refractivity contribution in [3.8, 4) is 5.75 Å². The summed E-state index contributed by atoms with van der Waals surface area (Å²) in [5, 5.41) is 0. The van der Waals surface area contributed by atoms with Gasteiger partial charge in [0, 0.05) is 16.4 Å². The normalized spacial score (nSPS) is 11.8. The topological polar surface area (TPSA) is 43.4 Å². The minimum atomic E-state index is -3.69. The van der Waals surface area contributed by atoms with Crippen LogP contribution in [0.15, 0.2) is 23.1 Å². The molecule has 3 nitrogen and oxygen atoms in total. The molecule has 1 aromatic rings. The maximum Gasteiger partial charge on any atom is 0.261 e. The van der Waals surface area contributed by atoms with Crippen molar-refractivity contribution in [2.24, 2.45) is 0 Å². The van der Waals surface area contributed by atoms with Gasteiger partial charge in [-0.3, -0.25) is 0 Å². The van der Waals surface area contributed by atoms with E-state index in [-0.39, 0.29) is 10.8 Å². The monoisotopic (exact) mass is 322 g/mol. The van der Waals surface area contributed by atoms with Gasteiger partial charge in [-0.25, -0.2) is 8.42 Å². The molecule has 19 heavy (non-hydrogen) atoms. The number of thioether (sulfide) groups is 1. The van der Waals surface area contributed by atoms with E-state index < -0.39 is 9.05 Å². The van der Waals surface area contributed by atoms with Crippen molar-refractivity contribution in [2.45, 2.75) is 31.6 Å². The molecule has 0 amide bonds. The van der Waals surface area contributed by atoms with Crippen molar-refractivity contribution in [3.05, 3.63) is 23.8 Å². The predicted octanol–water partition coefficient (Wildman–Crippen LogP) is 3.87. The molecule has 0 saturated heterocycles. The van der Waals surface area contributed by atoms with Crippen molar-refractivity contribution < 1.29 is 13.2 Å². The number of hydrogen-bond acceptors (Lipinski definition) is 4. The van der Waals surface area contributed by atoms with Crippen LogP contribution in [0.4, 0.5) is 0 Å². The molecule has 0 atom stereocenters. The zero-order valence-electron chi connectivity index (χ0n) is 11.3. The fourth-order valence-electron chi connectivity index (χ4n) is 1.62. The third-order valence-electron chi connectivity index (χ3n) is 2.57. The first-order valence-electron chi connectivity index (χ1n) is 6.15. The second-order valence-corrected chi connectivity index (χ2v) is 8.30. The molecular formula is C13H19ClO3S2. The molecule has 0 aliphatic heterocycles. The Kier molecular flexibility index (Phi) is 6.50. The average molecular weight is 323 g/mol. The molecule has 0 unspecified atom stereocenters. The van der Waals surface area contributed by atoms with Crippen molar-refractivity contribution >= 4 is 31.5 Å². The van der Waals surface area contributed by atoms with Crippen molar-refractivity contribution in [2.75, 3.05) is 18.1 Å². The largest absolute Gasteiger partial charge is 0.492 e. The highest BCUT2D eigenvalue weighted by atomic mass is 35.7. The summed E-state index contributed by atoms with van der Waals surface area (Å²) in [5.74, 6) is 2.89. The summed E-state index contributed by atoms with van der Waals surface area (Å²) in [7, 11) is 1.67. The minimum absolute atomic E-state index is 0.119. The summed E-state index contributed by atoms with van der Waals surface area (Å²) in [4.78, 5) is 0.119. The van der Waals surface area contributed by atoms with E-state index >= 15 is 0 Å². The lowest BCUT2D eigenvalue weighted by atomic mass is 10.0. The van der Waals surface area contributed by atoms with E-state index in [0.29, 0.717) is 6.61 Å². The van der Waals surface area contributed by atoms with E-state index in [9.17, 15) is 8.42 Å². The van der Waals surface area contributed by atoms with Crippen LogP contribution in [0.2, 0.25) is 0 Å². The summed E-state index contributed by atoms with van der Waals surface area (Å²) < 4.78 is 28.4. The van der Waals surface area contributed by atoms with Gasteiger partial charge < -0.3 is 4.74 Å². The van der Waals surface area contributed by atoms with Crippen molar-refractivity contribution in [1.29, 1.82) is 0 Å². The smallest absolute Gasteiger partial charge is 0.261 e. The predicted molar refractivity (Wildman–Crippen MR) is 82.1 cm³/mol. The van der Waals surface area contributed by atoms with Crippen LogP contribution in [-0.2, 0) is 9.05 Å². The highest BCUT2D eigenvalue weighted by molar-refractivity contribution is 8.13. The fourth-order valence-corrected chi connectivity index (χ4v) is 2.89. The third kappa shape index (κ3) is 5.24. The number of hydrogen-bond donors (Lipinski definition) is 0. The Morgan fingerprint density at radius 2 is 2.05 bits per heavy atom. The molecule has 0 fully saturated rings. The maximum absolute atomic E-state index is 11.3. The number of benzene rings is 1. The Hall–Kier alpha value is -0.390. The Morgan fingerprint density at radius 3 is 2.58 bits per heavy atom. The molecule has 0 aliphatic carbocycles. The first-order chi connectivity index (χ1) is 8.86. The molecule has 0 saturated carbocycles. The van der Waals surface area contributed by atoms with Crippen LogP contribution in [0.5, 0.6) is 5.75 Å². The van der Waals surface area contributed by atoms with Crippen molar-refractivity contribution in [1.82, 2.24) is 0 Å². The fraction of sp³-hybridized carbons (Fsp3) is 0.538. The number of ether oxygens (including phenoxy) is 1. The third-order valence-corrected chi connectivity index (χ3v) is 4.79. The van der Waals surface area contributed by atoms with E-state index in [1.165, 1.54) is 6.07 Å². The SMILES string of the molecule is CCSCCOc1ccc(S(=O)(=O)Cl)cc1C(C)C. The molecule has 0 spiro atoms.